The van der Waals surface area contributed by atoms with Crippen LogP contribution in [0.2, 0.25) is 0 Å². The van der Waals surface area contributed by atoms with Gasteiger partial charge in [0.1, 0.15) is 11.6 Å². The first-order chi connectivity index (χ1) is 7.29. The lowest BCUT2D eigenvalue weighted by Gasteiger charge is -2.02. The van der Waals surface area contributed by atoms with E-state index in [0.717, 1.165) is 0 Å². The van der Waals surface area contributed by atoms with Gasteiger partial charge in [-0.05, 0) is 18.2 Å². The van der Waals surface area contributed by atoms with E-state index in [1.54, 1.807) is 31.4 Å². The molecule has 0 aliphatic carbocycles. The quantitative estimate of drug-likeness (QED) is 0.813. The summed E-state index contributed by atoms with van der Waals surface area (Å²) in [6, 6.07) is 7.97. The SMILES string of the molecule is CNc1ccnc(-c2cccc(F)c2)n1. The van der Waals surface area contributed by atoms with Gasteiger partial charge < -0.3 is 5.32 Å². The molecule has 0 amide bonds. The fourth-order valence-corrected chi connectivity index (χ4v) is 1.26. The van der Waals surface area contributed by atoms with Gasteiger partial charge in [-0.3, -0.25) is 0 Å². The second-order valence-electron chi connectivity index (χ2n) is 3.03. The van der Waals surface area contributed by atoms with Crippen LogP contribution in [0, 0.1) is 5.82 Å². The van der Waals surface area contributed by atoms with Crippen molar-refractivity contribution < 1.29 is 4.39 Å². The molecule has 1 aromatic heterocycles. The maximum Gasteiger partial charge on any atom is 0.161 e. The zero-order valence-electron chi connectivity index (χ0n) is 8.24. The van der Waals surface area contributed by atoms with Crippen molar-refractivity contribution in [3.63, 3.8) is 0 Å². The minimum Gasteiger partial charge on any atom is -0.373 e. The van der Waals surface area contributed by atoms with Crippen LogP contribution in [0.3, 0.4) is 0 Å². The summed E-state index contributed by atoms with van der Waals surface area (Å²) in [5, 5.41) is 2.91. The summed E-state index contributed by atoms with van der Waals surface area (Å²) in [7, 11) is 1.78. The third kappa shape index (κ3) is 2.10. The molecule has 0 radical (unpaired) electrons. The lowest BCUT2D eigenvalue weighted by Crippen LogP contribution is -1.95. The number of hydrogen-bond acceptors (Lipinski definition) is 3. The Kier molecular flexibility index (Phi) is 2.58. The maximum atomic E-state index is 13.0. The largest absolute Gasteiger partial charge is 0.373 e. The smallest absolute Gasteiger partial charge is 0.161 e. The Hall–Kier alpha value is -1.97. The van der Waals surface area contributed by atoms with Crippen molar-refractivity contribution >= 4 is 5.82 Å². The van der Waals surface area contributed by atoms with Crippen molar-refractivity contribution in [2.45, 2.75) is 0 Å². The Balaban J connectivity index is 2.44. The third-order valence-electron chi connectivity index (χ3n) is 1.99. The Morgan fingerprint density at radius 3 is 2.87 bits per heavy atom. The number of benzene rings is 1. The molecule has 76 valence electrons. The fourth-order valence-electron chi connectivity index (χ4n) is 1.26. The van der Waals surface area contributed by atoms with E-state index >= 15 is 0 Å². The summed E-state index contributed by atoms with van der Waals surface area (Å²) in [6.45, 7) is 0. The molecule has 2 aromatic rings. The number of aromatic nitrogens is 2. The highest BCUT2D eigenvalue weighted by Crippen LogP contribution is 2.16. The van der Waals surface area contributed by atoms with Gasteiger partial charge in [0.2, 0.25) is 0 Å². The molecule has 0 aliphatic rings. The van der Waals surface area contributed by atoms with E-state index in [0.29, 0.717) is 17.2 Å². The lowest BCUT2D eigenvalue weighted by atomic mass is 10.2. The number of nitrogens with zero attached hydrogens (tertiary/aromatic N) is 2. The van der Waals surface area contributed by atoms with Crippen LogP contribution in [0.5, 0.6) is 0 Å². The second-order valence-corrected chi connectivity index (χ2v) is 3.03. The molecule has 1 N–H and O–H groups in total. The van der Waals surface area contributed by atoms with Crippen LogP contribution in [0.15, 0.2) is 36.5 Å². The minimum absolute atomic E-state index is 0.286. The first-order valence-electron chi connectivity index (χ1n) is 4.56. The predicted octanol–water partition coefficient (Wildman–Crippen LogP) is 2.32. The number of nitrogens with one attached hydrogen (secondary N) is 1. The molecule has 0 spiro atoms. The minimum atomic E-state index is -0.286. The van der Waals surface area contributed by atoms with Gasteiger partial charge in [-0.2, -0.15) is 0 Å². The zero-order chi connectivity index (χ0) is 10.7. The van der Waals surface area contributed by atoms with E-state index in [-0.39, 0.29) is 5.82 Å². The number of anilines is 1. The molecule has 1 aromatic carbocycles. The molecule has 0 unspecified atom stereocenters. The van der Waals surface area contributed by atoms with Crippen molar-refractivity contribution in [3.8, 4) is 11.4 Å². The summed E-state index contributed by atoms with van der Waals surface area (Å²) < 4.78 is 13.0. The zero-order valence-corrected chi connectivity index (χ0v) is 8.24. The molecule has 0 saturated heterocycles. The van der Waals surface area contributed by atoms with Crippen LogP contribution < -0.4 is 5.32 Å². The summed E-state index contributed by atoms with van der Waals surface area (Å²) in [5.41, 5.74) is 0.673. The van der Waals surface area contributed by atoms with Crippen molar-refractivity contribution in [2.75, 3.05) is 12.4 Å². The van der Waals surface area contributed by atoms with Gasteiger partial charge in [0.15, 0.2) is 5.82 Å². The summed E-state index contributed by atoms with van der Waals surface area (Å²) in [5.74, 6) is 0.941. The monoisotopic (exact) mass is 203 g/mol. The average Bonchev–Trinajstić information content (AvgIpc) is 2.29. The first kappa shape index (κ1) is 9.58. The molecule has 0 atom stereocenters. The molecular formula is C11H10FN3. The highest BCUT2D eigenvalue weighted by molar-refractivity contribution is 5.56. The molecule has 3 nitrogen and oxygen atoms in total. The molecular weight excluding hydrogens is 193 g/mol. The van der Waals surface area contributed by atoms with Crippen LogP contribution in [0.1, 0.15) is 0 Å². The van der Waals surface area contributed by atoms with Gasteiger partial charge in [-0.25, -0.2) is 14.4 Å². The number of rotatable bonds is 2. The topological polar surface area (TPSA) is 37.8 Å². The molecule has 0 bridgehead atoms. The highest BCUT2D eigenvalue weighted by Gasteiger charge is 2.02. The molecule has 4 heteroatoms. The van der Waals surface area contributed by atoms with Gasteiger partial charge in [-0.15, -0.1) is 0 Å². The average molecular weight is 203 g/mol. The van der Waals surface area contributed by atoms with Gasteiger partial charge in [0.25, 0.3) is 0 Å². The van der Waals surface area contributed by atoms with Crippen molar-refractivity contribution in [1.29, 1.82) is 0 Å². The Labute approximate surface area is 87.0 Å². The highest BCUT2D eigenvalue weighted by atomic mass is 19.1. The van der Waals surface area contributed by atoms with E-state index in [4.69, 9.17) is 0 Å². The van der Waals surface area contributed by atoms with Crippen molar-refractivity contribution in [1.82, 2.24) is 9.97 Å². The fraction of sp³-hybridized carbons (Fsp3) is 0.0909. The second kappa shape index (κ2) is 4.04. The van der Waals surface area contributed by atoms with Crippen LogP contribution in [0.25, 0.3) is 11.4 Å². The Morgan fingerprint density at radius 1 is 1.27 bits per heavy atom. The molecule has 2 rings (SSSR count). The number of hydrogen-bond donors (Lipinski definition) is 1. The number of halogens is 1. The molecule has 15 heavy (non-hydrogen) atoms. The van der Waals surface area contributed by atoms with Gasteiger partial charge >= 0.3 is 0 Å². The first-order valence-corrected chi connectivity index (χ1v) is 4.56. The van der Waals surface area contributed by atoms with E-state index in [2.05, 4.69) is 15.3 Å². The Morgan fingerprint density at radius 2 is 2.13 bits per heavy atom. The van der Waals surface area contributed by atoms with Gasteiger partial charge in [0.05, 0.1) is 0 Å². The van der Waals surface area contributed by atoms with Gasteiger partial charge in [-0.1, -0.05) is 12.1 Å². The molecule has 1 heterocycles. The molecule has 0 fully saturated rings. The third-order valence-corrected chi connectivity index (χ3v) is 1.99. The van der Waals surface area contributed by atoms with Crippen LogP contribution in [0.4, 0.5) is 10.2 Å². The van der Waals surface area contributed by atoms with Crippen LogP contribution in [-0.2, 0) is 0 Å². The molecule has 0 saturated carbocycles. The standard InChI is InChI=1S/C11H10FN3/c1-13-10-5-6-14-11(15-10)8-3-2-4-9(12)7-8/h2-7H,1H3,(H,13,14,15). The molecule has 0 aliphatic heterocycles. The van der Waals surface area contributed by atoms with E-state index in [9.17, 15) is 4.39 Å². The van der Waals surface area contributed by atoms with Crippen molar-refractivity contribution in [3.05, 3.63) is 42.3 Å². The maximum absolute atomic E-state index is 13.0. The van der Waals surface area contributed by atoms with Gasteiger partial charge in [0, 0.05) is 18.8 Å². The predicted molar refractivity (Wildman–Crippen MR) is 57.0 cm³/mol. The summed E-state index contributed by atoms with van der Waals surface area (Å²) in [4.78, 5) is 8.29. The summed E-state index contributed by atoms with van der Waals surface area (Å²) >= 11 is 0. The summed E-state index contributed by atoms with van der Waals surface area (Å²) in [6.07, 6.45) is 1.64. The normalized spacial score (nSPS) is 10.0. The van der Waals surface area contributed by atoms with Crippen molar-refractivity contribution in [2.24, 2.45) is 0 Å². The van der Waals surface area contributed by atoms with E-state index < -0.39 is 0 Å². The van der Waals surface area contributed by atoms with E-state index in [1.165, 1.54) is 12.1 Å². The van der Waals surface area contributed by atoms with Crippen LogP contribution in [-0.4, -0.2) is 17.0 Å². The van der Waals surface area contributed by atoms with E-state index in [1.807, 2.05) is 0 Å². The van der Waals surface area contributed by atoms with Crippen LogP contribution >= 0.6 is 0 Å². The lowest BCUT2D eigenvalue weighted by molar-refractivity contribution is 0.628. The Bertz CT molecular complexity index is 471.